The van der Waals surface area contributed by atoms with Crippen LogP contribution in [0.15, 0.2) is 12.7 Å². The molecule has 0 aromatic heterocycles. The minimum Gasteiger partial charge on any atom is -0.466 e. The van der Waals surface area contributed by atoms with E-state index in [1.165, 1.54) is 19.3 Å². The van der Waals surface area contributed by atoms with Crippen LogP contribution in [0.4, 0.5) is 0 Å². The SMILES string of the molecule is C=CCCCCCCCC(=O)OCCC. The number of carbonyl (C=O) groups excluding carboxylic acids is 1. The maximum absolute atomic E-state index is 11.1. The van der Waals surface area contributed by atoms with E-state index in [-0.39, 0.29) is 5.97 Å². The summed E-state index contributed by atoms with van der Waals surface area (Å²) in [7, 11) is 0. The van der Waals surface area contributed by atoms with Crippen molar-refractivity contribution in [3.8, 4) is 0 Å². The molecule has 88 valence electrons. The minimum atomic E-state index is -0.0389. The summed E-state index contributed by atoms with van der Waals surface area (Å²) in [5.41, 5.74) is 0. The maximum Gasteiger partial charge on any atom is 0.305 e. The Morgan fingerprint density at radius 1 is 1.20 bits per heavy atom. The van der Waals surface area contributed by atoms with Gasteiger partial charge >= 0.3 is 5.97 Å². The Morgan fingerprint density at radius 3 is 2.53 bits per heavy atom. The fourth-order valence-electron chi connectivity index (χ4n) is 1.38. The lowest BCUT2D eigenvalue weighted by Gasteiger charge is -2.02. The molecule has 0 aromatic carbocycles. The molecule has 0 saturated carbocycles. The van der Waals surface area contributed by atoms with E-state index in [4.69, 9.17) is 4.74 Å². The second-order valence-electron chi connectivity index (χ2n) is 3.82. The highest BCUT2D eigenvalue weighted by molar-refractivity contribution is 5.69. The Kier molecular flexibility index (Phi) is 10.7. The third-order valence-electron chi connectivity index (χ3n) is 2.26. The summed E-state index contributed by atoms with van der Waals surface area (Å²) < 4.78 is 4.98. The highest BCUT2D eigenvalue weighted by Crippen LogP contribution is 2.07. The van der Waals surface area contributed by atoms with Crippen molar-refractivity contribution >= 4 is 5.97 Å². The van der Waals surface area contributed by atoms with Crippen LogP contribution in [0.5, 0.6) is 0 Å². The summed E-state index contributed by atoms with van der Waals surface area (Å²) in [5, 5.41) is 0. The summed E-state index contributed by atoms with van der Waals surface area (Å²) in [5.74, 6) is -0.0389. The van der Waals surface area contributed by atoms with Gasteiger partial charge < -0.3 is 4.74 Å². The van der Waals surface area contributed by atoms with E-state index in [2.05, 4.69) is 6.58 Å². The van der Waals surface area contributed by atoms with Crippen LogP contribution in [0.25, 0.3) is 0 Å². The molecular weight excluding hydrogens is 188 g/mol. The van der Waals surface area contributed by atoms with Crippen molar-refractivity contribution < 1.29 is 9.53 Å². The first kappa shape index (κ1) is 14.2. The zero-order chi connectivity index (χ0) is 11.4. The molecule has 2 heteroatoms. The van der Waals surface area contributed by atoms with Crippen molar-refractivity contribution in [2.24, 2.45) is 0 Å². The number of hydrogen-bond acceptors (Lipinski definition) is 2. The van der Waals surface area contributed by atoms with Gasteiger partial charge in [0.05, 0.1) is 6.61 Å². The van der Waals surface area contributed by atoms with Gasteiger partial charge in [0.25, 0.3) is 0 Å². The van der Waals surface area contributed by atoms with Crippen LogP contribution in [0, 0.1) is 0 Å². The summed E-state index contributed by atoms with van der Waals surface area (Å²) in [6.07, 6.45) is 10.4. The van der Waals surface area contributed by atoms with Crippen molar-refractivity contribution in [1.82, 2.24) is 0 Å². The molecule has 0 radical (unpaired) electrons. The van der Waals surface area contributed by atoms with Gasteiger partial charge in [-0.3, -0.25) is 4.79 Å². The molecule has 0 unspecified atom stereocenters. The maximum atomic E-state index is 11.1. The number of rotatable bonds is 10. The van der Waals surface area contributed by atoms with Gasteiger partial charge in [-0.05, 0) is 25.7 Å². The van der Waals surface area contributed by atoms with E-state index in [1.54, 1.807) is 0 Å². The highest BCUT2D eigenvalue weighted by Gasteiger charge is 2.00. The van der Waals surface area contributed by atoms with Crippen LogP contribution in [-0.2, 0) is 9.53 Å². The predicted molar refractivity (Wildman–Crippen MR) is 63.8 cm³/mol. The molecule has 0 rings (SSSR count). The average molecular weight is 212 g/mol. The summed E-state index contributed by atoms with van der Waals surface area (Å²) >= 11 is 0. The van der Waals surface area contributed by atoms with Crippen LogP contribution in [0.1, 0.15) is 58.3 Å². The van der Waals surface area contributed by atoms with Crippen LogP contribution in [-0.4, -0.2) is 12.6 Å². The fourth-order valence-corrected chi connectivity index (χ4v) is 1.38. The first-order valence-corrected chi connectivity index (χ1v) is 6.07. The quantitative estimate of drug-likeness (QED) is 0.312. The average Bonchev–Trinajstić information content (AvgIpc) is 2.25. The second-order valence-corrected chi connectivity index (χ2v) is 3.82. The zero-order valence-corrected chi connectivity index (χ0v) is 9.96. The number of hydrogen-bond donors (Lipinski definition) is 0. The highest BCUT2D eigenvalue weighted by atomic mass is 16.5. The smallest absolute Gasteiger partial charge is 0.305 e. The van der Waals surface area contributed by atoms with Gasteiger partial charge in [0.1, 0.15) is 0 Å². The molecule has 0 aromatic rings. The Labute approximate surface area is 93.7 Å². The Bertz CT molecular complexity index is 164. The van der Waals surface area contributed by atoms with Gasteiger partial charge in [0.15, 0.2) is 0 Å². The van der Waals surface area contributed by atoms with E-state index < -0.39 is 0 Å². The second kappa shape index (κ2) is 11.3. The minimum absolute atomic E-state index is 0.0389. The lowest BCUT2D eigenvalue weighted by molar-refractivity contribution is -0.143. The molecule has 0 aliphatic rings. The largest absolute Gasteiger partial charge is 0.466 e. The van der Waals surface area contributed by atoms with Crippen molar-refractivity contribution in [3.05, 3.63) is 12.7 Å². The standard InChI is InChI=1S/C13H24O2/c1-3-5-6-7-8-9-10-11-13(14)15-12-4-2/h3H,1,4-12H2,2H3. The normalized spacial score (nSPS) is 9.93. The molecule has 0 N–H and O–H groups in total. The predicted octanol–water partition coefficient (Wildman–Crippen LogP) is 3.86. The number of carbonyl (C=O) groups is 1. The summed E-state index contributed by atoms with van der Waals surface area (Å²) in [6, 6.07) is 0. The van der Waals surface area contributed by atoms with Crippen molar-refractivity contribution in [2.45, 2.75) is 58.3 Å². The monoisotopic (exact) mass is 212 g/mol. The van der Waals surface area contributed by atoms with Crippen molar-refractivity contribution in [3.63, 3.8) is 0 Å². The van der Waals surface area contributed by atoms with Crippen molar-refractivity contribution in [2.75, 3.05) is 6.61 Å². The van der Waals surface area contributed by atoms with E-state index >= 15 is 0 Å². The molecule has 0 heterocycles. The number of unbranched alkanes of at least 4 members (excludes halogenated alkanes) is 5. The molecule has 0 atom stereocenters. The molecular formula is C13H24O2. The lowest BCUT2D eigenvalue weighted by atomic mass is 10.1. The van der Waals surface area contributed by atoms with Gasteiger partial charge in [-0.1, -0.05) is 32.3 Å². The topological polar surface area (TPSA) is 26.3 Å². The number of ether oxygens (including phenoxy) is 1. The van der Waals surface area contributed by atoms with Crippen LogP contribution >= 0.6 is 0 Å². The molecule has 0 fully saturated rings. The molecule has 0 bridgehead atoms. The zero-order valence-electron chi connectivity index (χ0n) is 9.96. The molecule has 0 saturated heterocycles. The molecule has 0 aliphatic carbocycles. The van der Waals surface area contributed by atoms with Gasteiger partial charge in [0.2, 0.25) is 0 Å². The molecule has 0 aliphatic heterocycles. The Hall–Kier alpha value is -0.790. The fraction of sp³-hybridized carbons (Fsp3) is 0.769. The van der Waals surface area contributed by atoms with E-state index in [0.717, 1.165) is 25.7 Å². The van der Waals surface area contributed by atoms with E-state index in [1.807, 2.05) is 13.0 Å². The van der Waals surface area contributed by atoms with Gasteiger partial charge in [-0.15, -0.1) is 6.58 Å². The number of allylic oxidation sites excluding steroid dienone is 1. The third-order valence-corrected chi connectivity index (χ3v) is 2.26. The number of esters is 1. The van der Waals surface area contributed by atoms with Crippen LogP contribution in [0.2, 0.25) is 0 Å². The van der Waals surface area contributed by atoms with E-state index in [0.29, 0.717) is 13.0 Å². The molecule has 0 amide bonds. The first-order valence-electron chi connectivity index (χ1n) is 6.07. The van der Waals surface area contributed by atoms with Gasteiger partial charge in [0, 0.05) is 6.42 Å². The third kappa shape index (κ3) is 11.1. The van der Waals surface area contributed by atoms with Gasteiger partial charge in [-0.25, -0.2) is 0 Å². The Balaban J connectivity index is 3.09. The molecule has 2 nitrogen and oxygen atoms in total. The summed E-state index contributed by atoms with van der Waals surface area (Å²) in [6.45, 7) is 6.26. The van der Waals surface area contributed by atoms with Crippen LogP contribution in [0.3, 0.4) is 0 Å². The van der Waals surface area contributed by atoms with Crippen LogP contribution < -0.4 is 0 Å². The Morgan fingerprint density at radius 2 is 1.87 bits per heavy atom. The molecule has 0 spiro atoms. The summed E-state index contributed by atoms with van der Waals surface area (Å²) in [4.78, 5) is 11.1. The van der Waals surface area contributed by atoms with E-state index in [9.17, 15) is 4.79 Å². The van der Waals surface area contributed by atoms with Crippen molar-refractivity contribution in [1.29, 1.82) is 0 Å². The first-order chi connectivity index (χ1) is 7.31. The molecule has 15 heavy (non-hydrogen) atoms. The lowest BCUT2D eigenvalue weighted by Crippen LogP contribution is -2.04. The van der Waals surface area contributed by atoms with Gasteiger partial charge in [-0.2, -0.15) is 0 Å².